The Balaban J connectivity index is 2.04. The number of amides is 1. The van der Waals surface area contributed by atoms with Gasteiger partial charge < -0.3 is 19.6 Å². The summed E-state index contributed by atoms with van der Waals surface area (Å²) in [6.45, 7) is 4.86. The number of ether oxygens (including phenoxy) is 1. The molecule has 2 aromatic rings. The zero-order chi connectivity index (χ0) is 17.5. The molecule has 0 saturated carbocycles. The molecule has 2 aromatic heterocycles. The largest absolute Gasteiger partial charge is 0.476 e. The van der Waals surface area contributed by atoms with Crippen LogP contribution in [0.2, 0.25) is 0 Å². The fourth-order valence-corrected chi connectivity index (χ4v) is 1.89. The van der Waals surface area contributed by atoms with Gasteiger partial charge >= 0.3 is 5.97 Å². The van der Waals surface area contributed by atoms with Crippen LogP contribution in [0.15, 0.2) is 35.2 Å². The second kappa shape index (κ2) is 8.21. The van der Waals surface area contributed by atoms with E-state index in [-0.39, 0.29) is 18.0 Å². The number of nitrogens with one attached hydrogen (secondary N) is 1. The molecule has 1 unspecified atom stereocenters. The number of carbonyl (C=O) groups excluding carboxylic acids is 1. The van der Waals surface area contributed by atoms with Gasteiger partial charge in [0.15, 0.2) is 5.69 Å². The van der Waals surface area contributed by atoms with E-state index in [1.54, 1.807) is 12.1 Å². The van der Waals surface area contributed by atoms with E-state index in [1.165, 1.54) is 6.26 Å². The van der Waals surface area contributed by atoms with Gasteiger partial charge in [0.1, 0.15) is 17.5 Å². The van der Waals surface area contributed by atoms with Crippen LogP contribution in [0.1, 0.15) is 46.6 Å². The van der Waals surface area contributed by atoms with E-state index in [0.717, 1.165) is 12.4 Å². The molecule has 0 aromatic carbocycles. The number of carboxylic acid groups (broad SMARTS) is 1. The van der Waals surface area contributed by atoms with E-state index in [9.17, 15) is 9.59 Å². The maximum atomic E-state index is 12.3. The molecule has 0 fully saturated rings. The Labute approximate surface area is 138 Å². The number of nitrogens with zero attached hydrogens (tertiary/aromatic N) is 2. The van der Waals surface area contributed by atoms with Crippen molar-refractivity contribution in [3.05, 3.63) is 47.9 Å². The van der Waals surface area contributed by atoms with E-state index >= 15 is 0 Å². The summed E-state index contributed by atoms with van der Waals surface area (Å²) in [5, 5.41) is 11.5. The number of hydrogen-bond acceptors (Lipinski definition) is 6. The van der Waals surface area contributed by atoms with Crippen molar-refractivity contribution in [1.82, 2.24) is 15.3 Å². The Morgan fingerprint density at radius 1 is 1.25 bits per heavy atom. The van der Waals surface area contributed by atoms with Crippen molar-refractivity contribution in [3.63, 3.8) is 0 Å². The first-order chi connectivity index (χ1) is 11.5. The first-order valence-corrected chi connectivity index (χ1v) is 7.44. The Morgan fingerprint density at radius 3 is 2.50 bits per heavy atom. The molecule has 8 heteroatoms. The van der Waals surface area contributed by atoms with Gasteiger partial charge in [0, 0.05) is 6.61 Å². The molecule has 24 heavy (non-hydrogen) atoms. The van der Waals surface area contributed by atoms with Crippen molar-refractivity contribution in [2.75, 3.05) is 13.2 Å². The van der Waals surface area contributed by atoms with Crippen LogP contribution in [0.4, 0.5) is 0 Å². The van der Waals surface area contributed by atoms with Crippen molar-refractivity contribution in [1.29, 1.82) is 0 Å². The number of carboxylic acids is 1. The molecule has 0 aliphatic carbocycles. The van der Waals surface area contributed by atoms with Crippen LogP contribution in [-0.4, -0.2) is 40.2 Å². The average molecular weight is 333 g/mol. The third-order valence-electron chi connectivity index (χ3n) is 3.03. The molecule has 2 N–H and O–H groups in total. The minimum Gasteiger partial charge on any atom is -0.476 e. The molecular weight excluding hydrogens is 314 g/mol. The fraction of sp³-hybridized carbons (Fsp3) is 0.375. The monoisotopic (exact) mass is 333 g/mol. The molecule has 0 saturated heterocycles. The summed E-state index contributed by atoms with van der Waals surface area (Å²) in [5.74, 6) is -0.770. The Hall–Kier alpha value is -2.74. The summed E-state index contributed by atoms with van der Waals surface area (Å²) < 4.78 is 10.9. The quantitative estimate of drug-likeness (QED) is 0.758. The van der Waals surface area contributed by atoms with Crippen LogP contribution < -0.4 is 5.32 Å². The van der Waals surface area contributed by atoms with Gasteiger partial charge in [-0.2, -0.15) is 0 Å². The zero-order valence-corrected chi connectivity index (χ0v) is 13.4. The normalized spacial score (nSPS) is 12.1. The molecule has 2 heterocycles. The van der Waals surface area contributed by atoms with E-state index < -0.39 is 17.9 Å². The molecule has 128 valence electrons. The highest BCUT2D eigenvalue weighted by atomic mass is 16.5. The van der Waals surface area contributed by atoms with Crippen molar-refractivity contribution in [2.45, 2.75) is 19.9 Å². The number of furan rings is 1. The molecule has 0 radical (unpaired) electrons. The summed E-state index contributed by atoms with van der Waals surface area (Å²) in [7, 11) is 0. The summed E-state index contributed by atoms with van der Waals surface area (Å²) >= 11 is 0. The lowest BCUT2D eigenvalue weighted by Crippen LogP contribution is -2.32. The maximum absolute atomic E-state index is 12.3. The lowest BCUT2D eigenvalue weighted by molar-refractivity contribution is 0.0687. The molecule has 2 rings (SSSR count). The van der Waals surface area contributed by atoms with Gasteiger partial charge in [0.2, 0.25) is 0 Å². The van der Waals surface area contributed by atoms with Gasteiger partial charge in [0.25, 0.3) is 5.91 Å². The van der Waals surface area contributed by atoms with Crippen LogP contribution in [0, 0.1) is 5.92 Å². The minimum absolute atomic E-state index is 0.0143. The van der Waals surface area contributed by atoms with E-state index in [2.05, 4.69) is 15.3 Å². The highest BCUT2D eigenvalue weighted by Crippen LogP contribution is 2.15. The minimum atomic E-state index is -1.20. The molecular formula is C16H19N3O5. The number of hydrogen-bond donors (Lipinski definition) is 2. The molecule has 0 aliphatic rings. The van der Waals surface area contributed by atoms with Crippen LogP contribution in [0.5, 0.6) is 0 Å². The molecule has 0 aliphatic heterocycles. The first-order valence-electron chi connectivity index (χ1n) is 7.44. The van der Waals surface area contributed by atoms with Gasteiger partial charge in [-0.25, -0.2) is 14.8 Å². The third kappa shape index (κ3) is 4.88. The van der Waals surface area contributed by atoms with Crippen LogP contribution in [-0.2, 0) is 4.74 Å². The van der Waals surface area contributed by atoms with Gasteiger partial charge in [-0.3, -0.25) is 4.79 Å². The fourth-order valence-electron chi connectivity index (χ4n) is 1.89. The molecule has 8 nitrogen and oxygen atoms in total. The third-order valence-corrected chi connectivity index (χ3v) is 3.03. The Morgan fingerprint density at radius 2 is 1.96 bits per heavy atom. The SMILES string of the molecule is CC(C)COCC(NC(=O)c1cnc(C(=O)O)cn1)c1ccco1. The lowest BCUT2D eigenvalue weighted by Gasteiger charge is -2.17. The number of rotatable bonds is 8. The predicted molar refractivity (Wildman–Crippen MR) is 83.6 cm³/mol. The molecule has 1 amide bonds. The number of aromatic nitrogens is 2. The van der Waals surface area contributed by atoms with E-state index in [4.69, 9.17) is 14.3 Å². The second-order valence-electron chi connectivity index (χ2n) is 5.56. The van der Waals surface area contributed by atoms with Gasteiger partial charge in [-0.05, 0) is 18.1 Å². The maximum Gasteiger partial charge on any atom is 0.356 e. The summed E-state index contributed by atoms with van der Waals surface area (Å²) in [6, 6.07) is 2.98. The zero-order valence-electron chi connectivity index (χ0n) is 13.4. The molecule has 0 bridgehead atoms. The van der Waals surface area contributed by atoms with Crippen molar-refractivity contribution >= 4 is 11.9 Å². The van der Waals surface area contributed by atoms with E-state index in [0.29, 0.717) is 18.3 Å². The Kier molecular flexibility index (Phi) is 6.02. The summed E-state index contributed by atoms with van der Waals surface area (Å²) in [6.07, 6.45) is 3.67. The molecule has 1 atom stereocenters. The van der Waals surface area contributed by atoms with Gasteiger partial charge in [0.05, 0.1) is 25.3 Å². The van der Waals surface area contributed by atoms with Crippen LogP contribution >= 0.6 is 0 Å². The van der Waals surface area contributed by atoms with Crippen LogP contribution in [0.3, 0.4) is 0 Å². The van der Waals surface area contributed by atoms with Crippen molar-refractivity contribution in [3.8, 4) is 0 Å². The number of aromatic carboxylic acids is 1. The smallest absolute Gasteiger partial charge is 0.356 e. The Bertz CT molecular complexity index is 668. The molecule has 0 spiro atoms. The van der Waals surface area contributed by atoms with Crippen molar-refractivity contribution < 1.29 is 23.8 Å². The number of carbonyl (C=O) groups is 2. The predicted octanol–water partition coefficient (Wildman–Crippen LogP) is 1.91. The first kappa shape index (κ1) is 17.6. The summed E-state index contributed by atoms with van der Waals surface area (Å²) in [4.78, 5) is 30.5. The van der Waals surface area contributed by atoms with E-state index in [1.807, 2.05) is 13.8 Å². The highest BCUT2D eigenvalue weighted by Gasteiger charge is 2.20. The van der Waals surface area contributed by atoms with Gasteiger partial charge in [-0.15, -0.1) is 0 Å². The average Bonchev–Trinajstić information content (AvgIpc) is 3.08. The summed E-state index contributed by atoms with van der Waals surface area (Å²) in [5.41, 5.74) is -0.213. The second-order valence-corrected chi connectivity index (χ2v) is 5.56. The topological polar surface area (TPSA) is 115 Å². The van der Waals surface area contributed by atoms with Crippen LogP contribution in [0.25, 0.3) is 0 Å². The lowest BCUT2D eigenvalue weighted by atomic mass is 10.2. The standard InChI is InChI=1S/C16H19N3O5/c1-10(2)8-23-9-13(14-4-3-5-24-14)19-15(20)11-6-18-12(7-17-11)16(21)22/h3-7,10,13H,8-9H2,1-2H3,(H,19,20)(H,21,22). The van der Waals surface area contributed by atoms with Crippen molar-refractivity contribution in [2.24, 2.45) is 5.92 Å². The highest BCUT2D eigenvalue weighted by molar-refractivity contribution is 5.93. The van der Waals surface area contributed by atoms with Gasteiger partial charge in [-0.1, -0.05) is 13.8 Å².